The lowest BCUT2D eigenvalue weighted by molar-refractivity contribution is 0.318. The maximum absolute atomic E-state index is 4.29. The Hall–Kier alpha value is -1.67. The molecule has 1 aromatic heterocycles. The quantitative estimate of drug-likeness (QED) is 0.797. The average molecular weight is 240 g/mol. The third-order valence-corrected chi connectivity index (χ3v) is 3.01. The van der Waals surface area contributed by atoms with Gasteiger partial charge in [0.25, 0.3) is 0 Å². The zero-order valence-corrected chi connectivity index (χ0v) is 11.1. The Balaban J connectivity index is 1.96. The van der Waals surface area contributed by atoms with Crippen LogP contribution in [0, 0.1) is 0 Å². The van der Waals surface area contributed by atoms with Gasteiger partial charge in [-0.1, -0.05) is 43.3 Å². The fraction of sp³-hybridized carbons (Fsp3) is 0.312. The standard InChI is InChI=1S/C16H20N2/c1-3-14-9-16(11-17-10-14)13-18(2)12-15-7-5-4-6-8-15/h4-11H,3,12-13H2,1-2H3. The van der Waals surface area contributed by atoms with Gasteiger partial charge in [0.2, 0.25) is 0 Å². The van der Waals surface area contributed by atoms with E-state index in [0.29, 0.717) is 0 Å². The zero-order chi connectivity index (χ0) is 12.8. The number of nitrogens with zero attached hydrogens (tertiary/aromatic N) is 2. The van der Waals surface area contributed by atoms with E-state index < -0.39 is 0 Å². The summed E-state index contributed by atoms with van der Waals surface area (Å²) >= 11 is 0. The molecule has 0 aliphatic rings. The molecule has 2 heteroatoms. The number of rotatable bonds is 5. The van der Waals surface area contributed by atoms with E-state index in [0.717, 1.165) is 19.5 Å². The molecular formula is C16H20N2. The molecule has 1 aromatic carbocycles. The molecule has 0 amide bonds. The molecule has 2 nitrogen and oxygen atoms in total. The van der Waals surface area contributed by atoms with Gasteiger partial charge in [-0.2, -0.15) is 0 Å². The molecule has 2 aromatic rings. The van der Waals surface area contributed by atoms with E-state index in [1.165, 1.54) is 16.7 Å². The first-order valence-corrected chi connectivity index (χ1v) is 6.43. The Morgan fingerprint density at radius 2 is 1.61 bits per heavy atom. The van der Waals surface area contributed by atoms with Gasteiger partial charge in [0.05, 0.1) is 0 Å². The van der Waals surface area contributed by atoms with Crippen LogP contribution in [-0.4, -0.2) is 16.9 Å². The van der Waals surface area contributed by atoms with E-state index in [9.17, 15) is 0 Å². The molecule has 0 aliphatic carbocycles. The van der Waals surface area contributed by atoms with Crippen LogP contribution in [0.1, 0.15) is 23.6 Å². The number of aryl methyl sites for hydroxylation is 1. The lowest BCUT2D eigenvalue weighted by atomic mass is 10.1. The van der Waals surface area contributed by atoms with Gasteiger partial charge in [-0.25, -0.2) is 0 Å². The summed E-state index contributed by atoms with van der Waals surface area (Å²) in [7, 11) is 2.14. The van der Waals surface area contributed by atoms with Gasteiger partial charge < -0.3 is 0 Å². The van der Waals surface area contributed by atoms with Crippen molar-refractivity contribution in [1.82, 2.24) is 9.88 Å². The van der Waals surface area contributed by atoms with Gasteiger partial charge in [0, 0.05) is 25.5 Å². The van der Waals surface area contributed by atoms with Crippen molar-refractivity contribution >= 4 is 0 Å². The van der Waals surface area contributed by atoms with Crippen LogP contribution in [0.4, 0.5) is 0 Å². The van der Waals surface area contributed by atoms with Gasteiger partial charge in [-0.3, -0.25) is 9.88 Å². The predicted molar refractivity (Wildman–Crippen MR) is 75.2 cm³/mol. The Labute approximate surface area is 109 Å². The lowest BCUT2D eigenvalue weighted by Crippen LogP contribution is -2.17. The van der Waals surface area contributed by atoms with Crippen molar-refractivity contribution < 1.29 is 0 Å². The predicted octanol–water partition coefficient (Wildman–Crippen LogP) is 3.28. The van der Waals surface area contributed by atoms with Crippen molar-refractivity contribution in [3.05, 3.63) is 65.5 Å². The van der Waals surface area contributed by atoms with Crippen LogP contribution in [0.2, 0.25) is 0 Å². The highest BCUT2D eigenvalue weighted by Gasteiger charge is 2.02. The minimum Gasteiger partial charge on any atom is -0.298 e. The van der Waals surface area contributed by atoms with Crippen LogP contribution in [-0.2, 0) is 19.5 Å². The topological polar surface area (TPSA) is 16.1 Å². The Kier molecular flexibility index (Phi) is 4.48. The molecule has 0 atom stereocenters. The van der Waals surface area contributed by atoms with Gasteiger partial charge in [0.1, 0.15) is 0 Å². The fourth-order valence-corrected chi connectivity index (χ4v) is 2.08. The summed E-state index contributed by atoms with van der Waals surface area (Å²) in [5.41, 5.74) is 3.94. The molecule has 0 spiro atoms. The number of aromatic nitrogens is 1. The van der Waals surface area contributed by atoms with Gasteiger partial charge in [-0.15, -0.1) is 0 Å². The summed E-state index contributed by atoms with van der Waals surface area (Å²) in [4.78, 5) is 6.60. The minimum atomic E-state index is 0.940. The second-order valence-electron chi connectivity index (χ2n) is 4.71. The highest BCUT2D eigenvalue weighted by atomic mass is 15.1. The highest BCUT2D eigenvalue weighted by Crippen LogP contribution is 2.09. The fourth-order valence-electron chi connectivity index (χ4n) is 2.08. The Morgan fingerprint density at radius 3 is 2.33 bits per heavy atom. The molecular weight excluding hydrogens is 220 g/mol. The Bertz CT molecular complexity index is 479. The van der Waals surface area contributed by atoms with Crippen LogP contribution < -0.4 is 0 Å². The maximum atomic E-state index is 4.29. The van der Waals surface area contributed by atoms with E-state index in [1.807, 2.05) is 12.4 Å². The molecule has 0 fully saturated rings. The number of hydrogen-bond donors (Lipinski definition) is 0. The van der Waals surface area contributed by atoms with Crippen molar-refractivity contribution in [2.75, 3.05) is 7.05 Å². The maximum Gasteiger partial charge on any atom is 0.0313 e. The molecule has 18 heavy (non-hydrogen) atoms. The Morgan fingerprint density at radius 1 is 0.944 bits per heavy atom. The number of pyridine rings is 1. The second kappa shape index (κ2) is 6.31. The molecule has 0 bridgehead atoms. The number of benzene rings is 1. The number of hydrogen-bond acceptors (Lipinski definition) is 2. The van der Waals surface area contributed by atoms with Crippen LogP contribution in [0.5, 0.6) is 0 Å². The monoisotopic (exact) mass is 240 g/mol. The SMILES string of the molecule is CCc1cncc(CN(C)Cc2ccccc2)c1. The van der Waals surface area contributed by atoms with Crippen LogP contribution in [0.15, 0.2) is 48.8 Å². The van der Waals surface area contributed by atoms with E-state index >= 15 is 0 Å². The average Bonchev–Trinajstić information content (AvgIpc) is 2.40. The van der Waals surface area contributed by atoms with Crippen LogP contribution in [0.25, 0.3) is 0 Å². The largest absolute Gasteiger partial charge is 0.298 e. The molecule has 0 saturated heterocycles. The lowest BCUT2D eigenvalue weighted by Gasteiger charge is -2.17. The molecule has 0 unspecified atom stereocenters. The van der Waals surface area contributed by atoms with Crippen LogP contribution >= 0.6 is 0 Å². The molecule has 0 saturated carbocycles. The normalized spacial score (nSPS) is 10.8. The molecule has 1 heterocycles. The highest BCUT2D eigenvalue weighted by molar-refractivity contribution is 5.18. The van der Waals surface area contributed by atoms with Gasteiger partial charge in [0.15, 0.2) is 0 Å². The van der Waals surface area contributed by atoms with Crippen LogP contribution in [0.3, 0.4) is 0 Å². The summed E-state index contributed by atoms with van der Waals surface area (Å²) in [5.74, 6) is 0. The van der Waals surface area contributed by atoms with Gasteiger partial charge >= 0.3 is 0 Å². The molecule has 0 radical (unpaired) electrons. The summed E-state index contributed by atoms with van der Waals surface area (Å²) in [6.45, 7) is 4.07. The van der Waals surface area contributed by atoms with E-state index in [1.54, 1.807) is 0 Å². The van der Waals surface area contributed by atoms with E-state index in [4.69, 9.17) is 0 Å². The van der Waals surface area contributed by atoms with Crippen molar-refractivity contribution in [3.8, 4) is 0 Å². The molecule has 2 rings (SSSR count). The molecule has 94 valence electrons. The summed E-state index contributed by atoms with van der Waals surface area (Å²) in [6.07, 6.45) is 4.95. The van der Waals surface area contributed by atoms with Crippen molar-refractivity contribution in [2.45, 2.75) is 26.4 Å². The molecule has 0 aliphatic heterocycles. The minimum absolute atomic E-state index is 0.940. The van der Waals surface area contributed by atoms with Crippen molar-refractivity contribution in [1.29, 1.82) is 0 Å². The first-order valence-electron chi connectivity index (χ1n) is 6.43. The first-order chi connectivity index (χ1) is 8.78. The smallest absolute Gasteiger partial charge is 0.0313 e. The van der Waals surface area contributed by atoms with Crippen molar-refractivity contribution in [3.63, 3.8) is 0 Å². The third-order valence-electron chi connectivity index (χ3n) is 3.01. The first kappa shape index (κ1) is 12.8. The third kappa shape index (κ3) is 3.67. The second-order valence-corrected chi connectivity index (χ2v) is 4.71. The van der Waals surface area contributed by atoms with E-state index in [-0.39, 0.29) is 0 Å². The molecule has 0 N–H and O–H groups in total. The summed E-state index contributed by atoms with van der Waals surface area (Å²) in [5, 5.41) is 0. The zero-order valence-electron chi connectivity index (χ0n) is 11.1. The van der Waals surface area contributed by atoms with E-state index in [2.05, 4.69) is 60.3 Å². The summed E-state index contributed by atoms with van der Waals surface area (Å²) < 4.78 is 0. The summed E-state index contributed by atoms with van der Waals surface area (Å²) in [6, 6.07) is 12.8. The van der Waals surface area contributed by atoms with Gasteiger partial charge in [-0.05, 0) is 30.2 Å². The van der Waals surface area contributed by atoms with Crippen molar-refractivity contribution in [2.24, 2.45) is 0 Å².